The minimum Gasteiger partial charge on any atom is -0.445 e. The summed E-state index contributed by atoms with van der Waals surface area (Å²) in [6.45, 7) is 0.144. The van der Waals surface area contributed by atoms with Gasteiger partial charge < -0.3 is 15.0 Å². The molecule has 0 saturated carbocycles. The molecule has 1 saturated heterocycles. The van der Waals surface area contributed by atoms with Crippen molar-refractivity contribution in [1.82, 2.24) is 20.0 Å². The first-order valence-corrected chi connectivity index (χ1v) is 8.90. The molecule has 1 N–H and O–H groups in total. The van der Waals surface area contributed by atoms with Crippen molar-refractivity contribution in [2.24, 2.45) is 7.05 Å². The maximum atomic E-state index is 12.7. The summed E-state index contributed by atoms with van der Waals surface area (Å²) in [6, 6.07) is 9.70. The third-order valence-electron chi connectivity index (χ3n) is 5.11. The van der Waals surface area contributed by atoms with Crippen LogP contribution in [0.15, 0.2) is 36.5 Å². The summed E-state index contributed by atoms with van der Waals surface area (Å²) < 4.78 is 6.97. The quantitative estimate of drug-likeness (QED) is 0.910. The largest absolute Gasteiger partial charge is 0.445 e. The Labute approximate surface area is 151 Å². The van der Waals surface area contributed by atoms with Gasteiger partial charge in [0, 0.05) is 31.3 Å². The van der Waals surface area contributed by atoms with Crippen molar-refractivity contribution in [2.75, 3.05) is 6.54 Å². The molecule has 7 heteroatoms. The second-order valence-electron chi connectivity index (χ2n) is 6.87. The summed E-state index contributed by atoms with van der Waals surface area (Å²) in [5.41, 5.74) is 3.15. The van der Waals surface area contributed by atoms with E-state index >= 15 is 0 Å². The predicted octanol–water partition coefficient (Wildman–Crippen LogP) is 1.93. The Morgan fingerprint density at radius 2 is 2.08 bits per heavy atom. The van der Waals surface area contributed by atoms with Crippen LogP contribution < -0.4 is 5.32 Å². The predicted molar refractivity (Wildman–Crippen MR) is 94.2 cm³/mol. The number of aromatic nitrogens is 2. The minimum absolute atomic E-state index is 0.0454. The number of aryl methyl sites for hydroxylation is 1. The van der Waals surface area contributed by atoms with E-state index in [4.69, 9.17) is 4.74 Å². The van der Waals surface area contributed by atoms with Gasteiger partial charge in [-0.1, -0.05) is 30.3 Å². The SMILES string of the molecule is Cn1cc2c(n1)C[C@@H]1CC[C@@H]2N1C(=O)CNC(=O)OCc1ccccc1. The number of amides is 2. The molecule has 1 aromatic carbocycles. The molecule has 0 radical (unpaired) electrons. The number of ether oxygens (including phenoxy) is 1. The Bertz CT molecular complexity index is 817. The van der Waals surface area contributed by atoms with E-state index < -0.39 is 6.09 Å². The van der Waals surface area contributed by atoms with Gasteiger partial charge in [-0.05, 0) is 18.4 Å². The lowest BCUT2D eigenvalue weighted by Gasteiger charge is -2.34. The fourth-order valence-corrected chi connectivity index (χ4v) is 3.99. The number of carbonyl (C=O) groups is 2. The highest BCUT2D eigenvalue weighted by atomic mass is 16.5. The molecule has 2 aliphatic heterocycles. The van der Waals surface area contributed by atoms with Crippen LogP contribution in [0.3, 0.4) is 0 Å². The zero-order valence-corrected chi connectivity index (χ0v) is 14.7. The number of nitrogens with zero attached hydrogens (tertiary/aromatic N) is 3. The molecule has 2 aliphatic rings. The topological polar surface area (TPSA) is 76.5 Å². The molecule has 136 valence electrons. The van der Waals surface area contributed by atoms with E-state index in [2.05, 4.69) is 10.4 Å². The third-order valence-corrected chi connectivity index (χ3v) is 5.11. The molecule has 2 atom stereocenters. The Balaban J connectivity index is 1.32. The van der Waals surface area contributed by atoms with Gasteiger partial charge in [0.2, 0.25) is 5.91 Å². The second kappa shape index (κ2) is 6.82. The fourth-order valence-electron chi connectivity index (χ4n) is 3.99. The maximum Gasteiger partial charge on any atom is 0.407 e. The number of rotatable bonds is 4. The van der Waals surface area contributed by atoms with E-state index in [1.54, 1.807) is 0 Å². The smallest absolute Gasteiger partial charge is 0.407 e. The molecule has 0 unspecified atom stereocenters. The van der Waals surface area contributed by atoms with E-state index in [1.807, 2.05) is 53.2 Å². The molecule has 2 aromatic rings. The normalized spacial score (nSPS) is 20.6. The van der Waals surface area contributed by atoms with Crippen molar-refractivity contribution in [3.8, 4) is 0 Å². The fraction of sp³-hybridized carbons (Fsp3) is 0.421. The molecular weight excluding hydrogens is 332 g/mol. The van der Waals surface area contributed by atoms with Gasteiger partial charge in [0.25, 0.3) is 0 Å². The van der Waals surface area contributed by atoms with Gasteiger partial charge in [-0.3, -0.25) is 9.48 Å². The van der Waals surface area contributed by atoms with Gasteiger partial charge in [0.05, 0.1) is 11.7 Å². The average molecular weight is 354 g/mol. The average Bonchev–Trinajstić information content (AvgIpc) is 3.18. The monoisotopic (exact) mass is 354 g/mol. The zero-order chi connectivity index (χ0) is 18.1. The van der Waals surface area contributed by atoms with Crippen LogP contribution in [0.2, 0.25) is 0 Å². The molecule has 4 rings (SSSR count). The Morgan fingerprint density at radius 3 is 2.88 bits per heavy atom. The van der Waals surface area contributed by atoms with Crippen LogP contribution >= 0.6 is 0 Å². The maximum absolute atomic E-state index is 12.7. The number of nitrogens with one attached hydrogen (secondary N) is 1. The number of alkyl carbamates (subject to hydrolysis) is 1. The highest BCUT2D eigenvalue weighted by molar-refractivity contribution is 5.83. The van der Waals surface area contributed by atoms with Crippen molar-refractivity contribution in [1.29, 1.82) is 0 Å². The third kappa shape index (κ3) is 3.16. The summed E-state index contributed by atoms with van der Waals surface area (Å²) in [4.78, 5) is 26.5. The van der Waals surface area contributed by atoms with Crippen molar-refractivity contribution in [3.63, 3.8) is 0 Å². The number of benzene rings is 1. The highest BCUT2D eigenvalue weighted by Gasteiger charge is 2.43. The number of carbonyl (C=O) groups excluding carboxylic acids is 2. The van der Waals surface area contributed by atoms with Crippen molar-refractivity contribution in [2.45, 2.75) is 38.0 Å². The molecular formula is C19H22N4O3. The summed E-state index contributed by atoms with van der Waals surface area (Å²) in [5, 5.41) is 7.08. The van der Waals surface area contributed by atoms with E-state index in [0.29, 0.717) is 0 Å². The lowest BCUT2D eigenvalue weighted by Crippen LogP contribution is -2.46. The van der Waals surface area contributed by atoms with E-state index in [0.717, 1.165) is 36.1 Å². The summed E-state index contributed by atoms with van der Waals surface area (Å²) >= 11 is 0. The van der Waals surface area contributed by atoms with Crippen LogP contribution in [0.5, 0.6) is 0 Å². The van der Waals surface area contributed by atoms with Gasteiger partial charge >= 0.3 is 6.09 Å². The van der Waals surface area contributed by atoms with Crippen molar-refractivity contribution < 1.29 is 14.3 Å². The molecule has 2 bridgehead atoms. The first kappa shape index (κ1) is 16.6. The second-order valence-corrected chi connectivity index (χ2v) is 6.87. The standard InChI is InChI=1S/C19H22N4O3/c1-22-11-15-16(21-22)9-14-7-8-17(15)23(14)18(24)10-20-19(25)26-12-13-5-3-2-4-6-13/h2-6,11,14,17H,7-10,12H2,1H3,(H,20,25)/t14-,17-/m0/s1. The van der Waals surface area contributed by atoms with Gasteiger partial charge in [0.1, 0.15) is 13.2 Å². The van der Waals surface area contributed by atoms with Crippen LogP contribution in [-0.4, -0.2) is 39.3 Å². The van der Waals surface area contributed by atoms with Crippen LogP contribution in [0, 0.1) is 0 Å². The highest BCUT2D eigenvalue weighted by Crippen LogP contribution is 2.43. The lowest BCUT2D eigenvalue weighted by molar-refractivity contribution is -0.133. The summed E-state index contributed by atoms with van der Waals surface area (Å²) in [5.74, 6) is -0.0661. The van der Waals surface area contributed by atoms with Gasteiger partial charge in [-0.2, -0.15) is 5.10 Å². The molecule has 2 amide bonds. The Morgan fingerprint density at radius 1 is 1.27 bits per heavy atom. The van der Waals surface area contributed by atoms with Crippen molar-refractivity contribution in [3.05, 3.63) is 53.3 Å². The molecule has 7 nitrogen and oxygen atoms in total. The van der Waals surface area contributed by atoms with Crippen molar-refractivity contribution >= 4 is 12.0 Å². The van der Waals surface area contributed by atoms with Gasteiger partial charge in [0.15, 0.2) is 0 Å². The molecule has 0 aliphatic carbocycles. The molecule has 3 heterocycles. The Kier molecular flexibility index (Phi) is 4.36. The molecule has 1 fully saturated rings. The van der Waals surface area contributed by atoms with Gasteiger partial charge in [-0.15, -0.1) is 0 Å². The zero-order valence-electron chi connectivity index (χ0n) is 14.7. The van der Waals surface area contributed by atoms with Crippen LogP contribution in [0.25, 0.3) is 0 Å². The van der Waals surface area contributed by atoms with Crippen LogP contribution in [-0.2, 0) is 29.6 Å². The molecule has 0 spiro atoms. The van der Waals surface area contributed by atoms with E-state index in [-0.39, 0.29) is 31.1 Å². The number of fused-ring (bicyclic) bond motifs is 4. The number of hydrogen-bond donors (Lipinski definition) is 1. The first-order valence-electron chi connectivity index (χ1n) is 8.90. The van der Waals surface area contributed by atoms with E-state index in [1.165, 1.54) is 0 Å². The Hall–Kier alpha value is -2.83. The number of hydrogen-bond acceptors (Lipinski definition) is 4. The first-order chi connectivity index (χ1) is 12.6. The molecule has 1 aromatic heterocycles. The lowest BCUT2D eigenvalue weighted by atomic mass is 10.0. The summed E-state index contributed by atoms with van der Waals surface area (Å²) in [7, 11) is 1.91. The molecule has 26 heavy (non-hydrogen) atoms. The van der Waals surface area contributed by atoms with Crippen LogP contribution in [0.1, 0.15) is 35.7 Å². The van der Waals surface area contributed by atoms with E-state index in [9.17, 15) is 9.59 Å². The van der Waals surface area contributed by atoms with Crippen LogP contribution in [0.4, 0.5) is 4.79 Å². The van der Waals surface area contributed by atoms with Gasteiger partial charge in [-0.25, -0.2) is 4.79 Å². The minimum atomic E-state index is -0.575. The summed E-state index contributed by atoms with van der Waals surface area (Å²) in [6.07, 6.45) is 4.15.